The van der Waals surface area contributed by atoms with Crippen LogP contribution in [0.2, 0.25) is 0 Å². The fraction of sp³-hybridized carbons (Fsp3) is 0.400. The van der Waals surface area contributed by atoms with Gasteiger partial charge in [-0.15, -0.1) is 0 Å². The highest BCUT2D eigenvalue weighted by molar-refractivity contribution is 5.54. The van der Waals surface area contributed by atoms with Gasteiger partial charge in [-0.05, 0) is 54.5 Å². The summed E-state index contributed by atoms with van der Waals surface area (Å²) in [5, 5.41) is 3.68. The van der Waals surface area contributed by atoms with Crippen LogP contribution in [0.25, 0.3) is 0 Å². The standard InChI is InChI=1S/C20H20FNO2/c21-13-3-1-2-12(8-13)9-18-15-4-5-16-14(17(15)10-22-18)6-7-19-20(16)24-11-23-19/h1-3,6-8,15,17-18,22H,4-5,9-11H2. The molecule has 1 aliphatic carbocycles. The van der Waals surface area contributed by atoms with Crippen LogP contribution >= 0.6 is 0 Å². The maximum atomic E-state index is 13.5. The molecule has 2 aromatic rings. The molecule has 1 saturated heterocycles. The Morgan fingerprint density at radius 1 is 1.17 bits per heavy atom. The lowest BCUT2D eigenvalue weighted by Gasteiger charge is -2.31. The average Bonchev–Trinajstić information content (AvgIpc) is 3.21. The van der Waals surface area contributed by atoms with E-state index >= 15 is 0 Å². The van der Waals surface area contributed by atoms with Crippen LogP contribution in [0.3, 0.4) is 0 Å². The SMILES string of the molecule is Fc1cccc(CC2NCC3c4ccc5c(c4CCC23)OCO5)c1. The molecule has 3 aliphatic rings. The Balaban J connectivity index is 1.42. The number of ether oxygens (including phenoxy) is 2. The second-order valence-corrected chi connectivity index (χ2v) is 7.02. The van der Waals surface area contributed by atoms with E-state index in [4.69, 9.17) is 9.47 Å². The monoisotopic (exact) mass is 325 g/mol. The molecule has 3 unspecified atom stereocenters. The van der Waals surface area contributed by atoms with Crippen molar-refractivity contribution < 1.29 is 13.9 Å². The summed E-state index contributed by atoms with van der Waals surface area (Å²) in [4.78, 5) is 0. The molecule has 2 aliphatic heterocycles. The number of benzene rings is 2. The fourth-order valence-corrected chi connectivity index (χ4v) is 4.71. The first-order valence-electron chi connectivity index (χ1n) is 8.69. The van der Waals surface area contributed by atoms with Gasteiger partial charge >= 0.3 is 0 Å². The second-order valence-electron chi connectivity index (χ2n) is 7.02. The van der Waals surface area contributed by atoms with Gasteiger partial charge in [0.2, 0.25) is 6.79 Å². The van der Waals surface area contributed by atoms with Crippen molar-refractivity contribution in [3.63, 3.8) is 0 Å². The first-order valence-corrected chi connectivity index (χ1v) is 8.69. The van der Waals surface area contributed by atoms with Gasteiger partial charge in [0.25, 0.3) is 0 Å². The van der Waals surface area contributed by atoms with Crippen molar-refractivity contribution in [1.82, 2.24) is 5.32 Å². The van der Waals surface area contributed by atoms with Gasteiger partial charge in [0.1, 0.15) is 5.82 Å². The van der Waals surface area contributed by atoms with Crippen molar-refractivity contribution in [2.75, 3.05) is 13.3 Å². The molecule has 2 aromatic carbocycles. The van der Waals surface area contributed by atoms with E-state index in [1.165, 1.54) is 17.2 Å². The number of halogens is 1. The minimum Gasteiger partial charge on any atom is -0.454 e. The fourth-order valence-electron chi connectivity index (χ4n) is 4.71. The first-order chi connectivity index (χ1) is 11.8. The van der Waals surface area contributed by atoms with Crippen LogP contribution in [0.1, 0.15) is 29.0 Å². The third-order valence-corrected chi connectivity index (χ3v) is 5.78. The van der Waals surface area contributed by atoms with Crippen LogP contribution in [0.15, 0.2) is 36.4 Å². The molecule has 4 heteroatoms. The third kappa shape index (κ3) is 2.20. The van der Waals surface area contributed by atoms with Gasteiger partial charge in [0.15, 0.2) is 11.5 Å². The van der Waals surface area contributed by atoms with Crippen molar-refractivity contribution >= 4 is 0 Å². The predicted molar refractivity (Wildman–Crippen MR) is 89.0 cm³/mol. The van der Waals surface area contributed by atoms with Gasteiger partial charge in [0, 0.05) is 24.1 Å². The zero-order valence-electron chi connectivity index (χ0n) is 13.4. The molecule has 0 spiro atoms. The Morgan fingerprint density at radius 3 is 3.04 bits per heavy atom. The smallest absolute Gasteiger partial charge is 0.231 e. The Labute approximate surface area is 140 Å². The summed E-state index contributed by atoms with van der Waals surface area (Å²) in [6.45, 7) is 1.32. The topological polar surface area (TPSA) is 30.5 Å². The summed E-state index contributed by atoms with van der Waals surface area (Å²) < 4.78 is 24.7. The molecule has 0 aromatic heterocycles. The van der Waals surface area contributed by atoms with Crippen molar-refractivity contribution in [2.24, 2.45) is 5.92 Å². The van der Waals surface area contributed by atoms with Crippen molar-refractivity contribution in [3.05, 3.63) is 58.9 Å². The first kappa shape index (κ1) is 14.3. The number of hydrogen-bond acceptors (Lipinski definition) is 3. The van der Waals surface area contributed by atoms with E-state index in [0.29, 0.717) is 24.7 Å². The Morgan fingerprint density at radius 2 is 2.12 bits per heavy atom. The molecule has 0 amide bonds. The van der Waals surface area contributed by atoms with E-state index in [0.717, 1.165) is 42.9 Å². The lowest BCUT2D eigenvalue weighted by Crippen LogP contribution is -2.31. The zero-order valence-corrected chi connectivity index (χ0v) is 13.4. The summed E-state index contributed by atoms with van der Waals surface area (Å²) in [6.07, 6.45) is 3.06. The van der Waals surface area contributed by atoms with Crippen LogP contribution in [0.4, 0.5) is 4.39 Å². The molecule has 24 heavy (non-hydrogen) atoms. The molecule has 5 rings (SSSR count). The van der Waals surface area contributed by atoms with E-state index in [-0.39, 0.29) is 5.82 Å². The van der Waals surface area contributed by atoms with E-state index in [1.54, 1.807) is 12.1 Å². The molecule has 1 N–H and O–H groups in total. The number of nitrogens with one attached hydrogen (secondary N) is 1. The molecule has 1 fully saturated rings. The predicted octanol–water partition coefficient (Wildman–Crippen LogP) is 3.41. The lowest BCUT2D eigenvalue weighted by molar-refractivity contribution is 0.173. The molecule has 0 radical (unpaired) electrons. The summed E-state index contributed by atoms with van der Waals surface area (Å²) in [6, 6.07) is 11.7. The van der Waals surface area contributed by atoms with Gasteiger partial charge in [-0.25, -0.2) is 4.39 Å². The van der Waals surface area contributed by atoms with Gasteiger partial charge in [0.05, 0.1) is 0 Å². The van der Waals surface area contributed by atoms with Crippen molar-refractivity contribution in [2.45, 2.75) is 31.2 Å². The second kappa shape index (κ2) is 5.49. The molecule has 3 atom stereocenters. The highest BCUT2D eigenvalue weighted by atomic mass is 19.1. The van der Waals surface area contributed by atoms with Crippen LogP contribution in [0, 0.1) is 11.7 Å². The summed E-state index contributed by atoms with van der Waals surface area (Å²) in [5.41, 5.74) is 3.81. The molecule has 0 bridgehead atoms. The quantitative estimate of drug-likeness (QED) is 0.918. The Kier molecular flexibility index (Phi) is 3.27. The van der Waals surface area contributed by atoms with E-state index in [9.17, 15) is 4.39 Å². The average molecular weight is 325 g/mol. The molecular weight excluding hydrogens is 305 g/mol. The normalized spacial score (nSPS) is 27.0. The van der Waals surface area contributed by atoms with Crippen LogP contribution in [0.5, 0.6) is 11.5 Å². The summed E-state index contributed by atoms with van der Waals surface area (Å²) >= 11 is 0. The molecule has 3 nitrogen and oxygen atoms in total. The zero-order chi connectivity index (χ0) is 16.1. The molecule has 124 valence electrons. The highest BCUT2D eigenvalue weighted by Gasteiger charge is 2.41. The summed E-state index contributed by atoms with van der Waals surface area (Å²) in [7, 11) is 0. The Hall–Kier alpha value is -2.07. The van der Waals surface area contributed by atoms with Crippen LogP contribution in [-0.2, 0) is 12.8 Å². The van der Waals surface area contributed by atoms with Gasteiger partial charge in [-0.2, -0.15) is 0 Å². The third-order valence-electron chi connectivity index (χ3n) is 5.78. The van der Waals surface area contributed by atoms with E-state index in [1.807, 2.05) is 12.1 Å². The Bertz CT molecular complexity index is 791. The molecular formula is C20H20FNO2. The van der Waals surface area contributed by atoms with E-state index in [2.05, 4.69) is 11.4 Å². The van der Waals surface area contributed by atoms with Gasteiger partial charge in [-0.1, -0.05) is 18.2 Å². The van der Waals surface area contributed by atoms with Crippen LogP contribution in [-0.4, -0.2) is 19.4 Å². The minimum atomic E-state index is -0.149. The molecule has 2 heterocycles. The van der Waals surface area contributed by atoms with Gasteiger partial charge in [-0.3, -0.25) is 0 Å². The number of fused-ring (bicyclic) bond motifs is 5. The lowest BCUT2D eigenvalue weighted by atomic mass is 9.73. The van der Waals surface area contributed by atoms with Crippen molar-refractivity contribution in [1.29, 1.82) is 0 Å². The number of hydrogen-bond donors (Lipinski definition) is 1. The van der Waals surface area contributed by atoms with Gasteiger partial charge < -0.3 is 14.8 Å². The van der Waals surface area contributed by atoms with E-state index < -0.39 is 0 Å². The largest absolute Gasteiger partial charge is 0.454 e. The highest BCUT2D eigenvalue weighted by Crippen LogP contribution is 2.48. The minimum absolute atomic E-state index is 0.149. The maximum absolute atomic E-state index is 13.5. The number of rotatable bonds is 2. The summed E-state index contributed by atoms with van der Waals surface area (Å²) in [5.74, 6) is 2.81. The maximum Gasteiger partial charge on any atom is 0.231 e. The van der Waals surface area contributed by atoms with Crippen LogP contribution < -0.4 is 14.8 Å². The molecule has 0 saturated carbocycles. The van der Waals surface area contributed by atoms with Crippen molar-refractivity contribution in [3.8, 4) is 11.5 Å².